The summed E-state index contributed by atoms with van der Waals surface area (Å²) in [6.07, 6.45) is -2.73. The fraction of sp³-hybridized carbons (Fsp3) is 0.259. The highest BCUT2D eigenvalue weighted by molar-refractivity contribution is 7.91. The van der Waals surface area contributed by atoms with Gasteiger partial charge in [-0.1, -0.05) is 0 Å². The summed E-state index contributed by atoms with van der Waals surface area (Å²) >= 11 is 0. The predicted molar refractivity (Wildman–Crippen MR) is 137 cm³/mol. The second-order valence-electron chi connectivity index (χ2n) is 9.24. The predicted octanol–water partition coefficient (Wildman–Crippen LogP) is 5.71. The van der Waals surface area contributed by atoms with Crippen LogP contribution in [0.3, 0.4) is 0 Å². The van der Waals surface area contributed by atoms with Crippen LogP contribution < -0.4 is 4.74 Å². The molecule has 4 aromatic rings. The summed E-state index contributed by atoms with van der Waals surface area (Å²) in [6, 6.07) is 13.3. The van der Waals surface area contributed by atoms with Crippen molar-refractivity contribution in [2.75, 3.05) is 20.1 Å². The number of fused-ring (bicyclic) bond motifs is 1. The first-order chi connectivity index (χ1) is 18.5. The van der Waals surface area contributed by atoms with Crippen molar-refractivity contribution in [3.63, 3.8) is 0 Å². The number of sulfone groups is 1. The van der Waals surface area contributed by atoms with Gasteiger partial charge in [-0.25, -0.2) is 8.42 Å². The average molecular weight is 560 g/mol. The molecule has 12 heteroatoms. The van der Waals surface area contributed by atoms with Crippen LogP contribution in [-0.2, 0) is 25.5 Å². The number of pyridine rings is 1. The van der Waals surface area contributed by atoms with Crippen LogP contribution in [0.4, 0.5) is 13.2 Å². The Morgan fingerprint density at radius 3 is 2.44 bits per heavy atom. The minimum Gasteiger partial charge on any atom is -0.457 e. The number of carbonyl (C=O) groups is 1. The zero-order valence-corrected chi connectivity index (χ0v) is 21.8. The van der Waals surface area contributed by atoms with Crippen molar-refractivity contribution in [2.45, 2.75) is 30.0 Å². The summed E-state index contributed by atoms with van der Waals surface area (Å²) in [4.78, 5) is 21.2. The Kier molecular flexibility index (Phi) is 6.85. The average Bonchev–Trinajstić information content (AvgIpc) is 3.46. The van der Waals surface area contributed by atoms with Crippen molar-refractivity contribution < 1.29 is 35.9 Å². The number of carbonyl (C=O) groups excluding carboxylic acids is 1. The highest BCUT2D eigenvalue weighted by Gasteiger charge is 2.32. The summed E-state index contributed by atoms with van der Waals surface area (Å²) in [5.74, 6) is 0.408. The Balaban J connectivity index is 1.53. The van der Waals surface area contributed by atoms with E-state index in [4.69, 9.17) is 9.47 Å². The number of hydrogen-bond donors (Lipinski definition) is 1. The highest BCUT2D eigenvalue weighted by atomic mass is 32.2. The molecule has 3 heterocycles. The molecule has 2 aromatic carbocycles. The lowest BCUT2D eigenvalue weighted by Gasteiger charge is -2.23. The Labute approximate surface area is 222 Å². The summed E-state index contributed by atoms with van der Waals surface area (Å²) in [5.41, 5.74) is 1.45. The van der Waals surface area contributed by atoms with Crippen molar-refractivity contribution in [2.24, 2.45) is 0 Å². The van der Waals surface area contributed by atoms with Crippen LogP contribution in [0, 0.1) is 0 Å². The molecule has 0 radical (unpaired) electrons. The monoisotopic (exact) mass is 559 g/mol. The molecule has 0 aliphatic carbocycles. The standard InChI is InChI=1S/C27H24F3N3O5S/c1-33-24(9-10-26(33)34)20-13-22-16(11-23(32-22)21-8-3-17(14-31-21)27(28,29)30)12-25(20)38-18-4-6-19(7-5-18)39(35,36)15-37-2/h3-8,11-14,24,32H,9-10,15H2,1-2H3. The number of amides is 1. The maximum atomic E-state index is 13.0. The van der Waals surface area contributed by atoms with Crippen molar-refractivity contribution in [1.82, 2.24) is 14.9 Å². The lowest BCUT2D eigenvalue weighted by molar-refractivity contribution is -0.137. The number of ether oxygens (including phenoxy) is 2. The Morgan fingerprint density at radius 2 is 1.85 bits per heavy atom. The van der Waals surface area contributed by atoms with E-state index in [1.165, 1.54) is 37.4 Å². The van der Waals surface area contributed by atoms with E-state index in [0.29, 0.717) is 41.2 Å². The molecule has 1 aliphatic rings. The van der Waals surface area contributed by atoms with Crippen LogP contribution in [0.2, 0.25) is 0 Å². The fourth-order valence-electron chi connectivity index (χ4n) is 4.62. The molecule has 1 N–H and O–H groups in total. The van der Waals surface area contributed by atoms with E-state index in [9.17, 15) is 26.4 Å². The Hall–Kier alpha value is -3.90. The minimum absolute atomic E-state index is 0.000112. The largest absolute Gasteiger partial charge is 0.457 e. The van der Waals surface area contributed by atoms with Gasteiger partial charge in [0.25, 0.3) is 0 Å². The van der Waals surface area contributed by atoms with E-state index < -0.39 is 27.5 Å². The third-order valence-corrected chi connectivity index (χ3v) is 8.19. The molecule has 1 atom stereocenters. The maximum Gasteiger partial charge on any atom is 0.417 e. The van der Waals surface area contributed by atoms with Crippen LogP contribution >= 0.6 is 0 Å². The van der Waals surface area contributed by atoms with E-state index in [0.717, 1.165) is 23.2 Å². The van der Waals surface area contributed by atoms with Gasteiger partial charge in [-0.3, -0.25) is 9.78 Å². The number of benzene rings is 2. The van der Waals surface area contributed by atoms with Crippen LogP contribution in [0.25, 0.3) is 22.3 Å². The number of aromatic nitrogens is 2. The summed E-state index contributed by atoms with van der Waals surface area (Å²) in [7, 11) is -0.571. The van der Waals surface area contributed by atoms with E-state index in [2.05, 4.69) is 9.97 Å². The molecule has 39 heavy (non-hydrogen) atoms. The summed E-state index contributed by atoms with van der Waals surface area (Å²) in [5, 5.41) is 0.719. The number of rotatable bonds is 7. The van der Waals surface area contributed by atoms with Crippen molar-refractivity contribution in [3.8, 4) is 22.9 Å². The van der Waals surface area contributed by atoms with Crippen LogP contribution in [-0.4, -0.2) is 49.3 Å². The topological polar surface area (TPSA) is 102 Å². The van der Waals surface area contributed by atoms with Crippen LogP contribution in [0.15, 0.2) is 65.7 Å². The molecule has 1 unspecified atom stereocenters. The molecule has 1 fully saturated rings. The Bertz CT molecular complexity index is 1630. The summed E-state index contributed by atoms with van der Waals surface area (Å²) < 4.78 is 74.3. The minimum atomic E-state index is -4.48. The number of nitrogens with one attached hydrogen (secondary N) is 1. The van der Waals surface area contributed by atoms with Gasteiger partial charge in [0.05, 0.1) is 27.9 Å². The molecule has 0 bridgehead atoms. The number of alkyl halides is 3. The molecule has 8 nitrogen and oxygen atoms in total. The number of H-pyrrole nitrogens is 1. The number of nitrogens with zero attached hydrogens (tertiary/aromatic N) is 2. The number of halogens is 3. The van der Waals surface area contributed by atoms with Gasteiger partial charge in [-0.2, -0.15) is 13.2 Å². The van der Waals surface area contributed by atoms with Crippen LogP contribution in [0.5, 0.6) is 11.5 Å². The van der Waals surface area contributed by atoms with Gasteiger partial charge in [-0.05, 0) is 61.0 Å². The molecule has 1 amide bonds. The van der Waals surface area contributed by atoms with Crippen molar-refractivity contribution in [1.29, 1.82) is 0 Å². The maximum absolute atomic E-state index is 13.0. The van der Waals surface area contributed by atoms with E-state index in [1.807, 2.05) is 6.07 Å². The number of likely N-dealkylation sites (tertiary alicyclic amines) is 1. The lowest BCUT2D eigenvalue weighted by atomic mass is 10.0. The van der Waals surface area contributed by atoms with Gasteiger partial charge in [-0.15, -0.1) is 0 Å². The first kappa shape index (κ1) is 26.7. The van der Waals surface area contributed by atoms with E-state index in [-0.39, 0.29) is 16.8 Å². The lowest BCUT2D eigenvalue weighted by Crippen LogP contribution is -2.22. The third kappa shape index (κ3) is 5.34. The Morgan fingerprint density at radius 1 is 1.10 bits per heavy atom. The number of hydrogen-bond acceptors (Lipinski definition) is 6. The molecule has 1 saturated heterocycles. The number of aromatic amines is 1. The molecule has 5 rings (SSSR count). The molecule has 0 saturated carbocycles. The first-order valence-corrected chi connectivity index (χ1v) is 13.6. The third-order valence-electron chi connectivity index (χ3n) is 6.65. The van der Waals surface area contributed by atoms with Crippen molar-refractivity contribution >= 4 is 26.6 Å². The molecule has 0 spiro atoms. The zero-order chi connectivity index (χ0) is 27.9. The molecular formula is C27H24F3N3O5S. The molecular weight excluding hydrogens is 535 g/mol. The first-order valence-electron chi connectivity index (χ1n) is 11.9. The van der Waals surface area contributed by atoms with Gasteiger partial charge in [0, 0.05) is 43.2 Å². The fourth-order valence-corrected chi connectivity index (χ4v) is 5.61. The highest BCUT2D eigenvalue weighted by Crippen LogP contribution is 2.41. The van der Waals surface area contributed by atoms with Gasteiger partial charge in [0.15, 0.2) is 5.94 Å². The smallest absolute Gasteiger partial charge is 0.417 e. The second kappa shape index (κ2) is 10.0. The van der Waals surface area contributed by atoms with Gasteiger partial charge in [0.2, 0.25) is 15.7 Å². The normalized spacial score (nSPS) is 16.3. The zero-order valence-electron chi connectivity index (χ0n) is 20.9. The number of methoxy groups -OCH3 is 1. The van der Waals surface area contributed by atoms with E-state index in [1.54, 1.807) is 24.1 Å². The van der Waals surface area contributed by atoms with Gasteiger partial charge >= 0.3 is 6.18 Å². The van der Waals surface area contributed by atoms with Gasteiger partial charge < -0.3 is 19.4 Å². The molecule has 1 aliphatic heterocycles. The van der Waals surface area contributed by atoms with Crippen LogP contribution in [0.1, 0.15) is 30.0 Å². The molecule has 2 aromatic heterocycles. The van der Waals surface area contributed by atoms with Crippen molar-refractivity contribution in [3.05, 3.63) is 71.9 Å². The summed E-state index contributed by atoms with van der Waals surface area (Å²) in [6.45, 7) is 0. The molecule has 204 valence electrons. The SMILES string of the molecule is COCS(=O)(=O)c1ccc(Oc2cc3cc(-c4ccc(C(F)(F)F)cn4)[nH]c3cc2C2CCC(=O)N2C)cc1. The second-order valence-corrected chi connectivity index (χ2v) is 11.2. The quantitative estimate of drug-likeness (QED) is 0.311. The van der Waals surface area contributed by atoms with E-state index >= 15 is 0 Å². The van der Waals surface area contributed by atoms with Gasteiger partial charge in [0.1, 0.15) is 11.5 Å².